The van der Waals surface area contributed by atoms with E-state index in [-0.39, 0.29) is 22.7 Å². The Morgan fingerprint density at radius 3 is 1.90 bits per heavy atom. The number of aromatic hydroxyl groups is 1. The number of phenols is 1. The number of hydrogen-bond acceptors (Lipinski definition) is 5. The summed E-state index contributed by atoms with van der Waals surface area (Å²) in [6.45, 7) is 16.4. The fraction of sp³-hybridized carbons (Fsp3) is 0.621. The van der Waals surface area contributed by atoms with Gasteiger partial charge in [0.25, 0.3) is 0 Å². The normalized spacial score (nSPS) is 14.6. The Morgan fingerprint density at radius 1 is 0.698 bits per heavy atom. The van der Waals surface area contributed by atoms with Crippen molar-refractivity contribution in [1.82, 2.24) is 0 Å². The molecule has 0 heterocycles. The monoisotopic (exact) mass is 869 g/mol. The highest BCUT2D eigenvalue weighted by atomic mass is 16.5. The maximum atomic E-state index is 12.0. The molecule has 0 radical (unpaired) electrons. The largest absolute Gasteiger partial charge is 0.507 e. The van der Waals surface area contributed by atoms with Crippen LogP contribution in [0.25, 0.3) is 0 Å². The van der Waals surface area contributed by atoms with Crippen LogP contribution in [-0.2, 0) is 14.3 Å². The number of ether oxygens (including phenoxy) is 2. The lowest BCUT2D eigenvalue weighted by molar-refractivity contribution is -0.142. The van der Waals surface area contributed by atoms with Crippen molar-refractivity contribution < 1.29 is 24.2 Å². The number of phenolic OH excluding ortho intramolecular Hbond substituents is 1. The van der Waals surface area contributed by atoms with Gasteiger partial charge in [-0.3, -0.25) is 4.79 Å². The summed E-state index contributed by atoms with van der Waals surface area (Å²) in [6.07, 6.45) is 53.4. The first kappa shape index (κ1) is 57.2. The summed E-state index contributed by atoms with van der Waals surface area (Å²) in [6, 6.07) is 6.49. The van der Waals surface area contributed by atoms with Crippen molar-refractivity contribution in [2.24, 2.45) is 5.41 Å². The predicted octanol–water partition coefficient (Wildman–Crippen LogP) is 17.7. The molecule has 1 aromatic carbocycles. The van der Waals surface area contributed by atoms with Gasteiger partial charge in [-0.15, -0.1) is 0 Å². The first-order valence-corrected chi connectivity index (χ1v) is 25.3. The van der Waals surface area contributed by atoms with Crippen LogP contribution in [0.3, 0.4) is 0 Å². The van der Waals surface area contributed by atoms with Gasteiger partial charge in [-0.2, -0.15) is 0 Å². The van der Waals surface area contributed by atoms with Gasteiger partial charge in [0.05, 0.1) is 6.61 Å². The maximum Gasteiger partial charge on any atom is 0.341 e. The molecule has 0 aliphatic heterocycles. The summed E-state index contributed by atoms with van der Waals surface area (Å²) >= 11 is 0. The third-order valence-corrected chi connectivity index (χ3v) is 11.9. The van der Waals surface area contributed by atoms with Crippen molar-refractivity contribution in [2.45, 2.75) is 215 Å². The van der Waals surface area contributed by atoms with E-state index >= 15 is 0 Å². The molecular formula is C58H92O5. The number of para-hydroxylation sites is 1. The second-order valence-corrected chi connectivity index (χ2v) is 18.3. The Balaban J connectivity index is 0.000000729. The molecule has 5 nitrogen and oxygen atoms in total. The number of esters is 2. The molecule has 0 fully saturated rings. The maximum absolute atomic E-state index is 12.0. The molecule has 0 saturated heterocycles. The van der Waals surface area contributed by atoms with E-state index in [1.54, 1.807) is 18.2 Å². The van der Waals surface area contributed by atoms with Crippen LogP contribution in [0.15, 0.2) is 107 Å². The van der Waals surface area contributed by atoms with E-state index in [2.05, 4.69) is 96.2 Å². The smallest absolute Gasteiger partial charge is 0.341 e. The average Bonchev–Trinajstić information content (AvgIpc) is 3.25. The lowest BCUT2D eigenvalue weighted by Gasteiger charge is -2.32. The summed E-state index contributed by atoms with van der Waals surface area (Å²) < 4.78 is 10.6. The summed E-state index contributed by atoms with van der Waals surface area (Å²) in [5, 5.41) is 9.57. The highest BCUT2D eigenvalue weighted by Gasteiger charge is 2.26. The number of carbonyl (C=O) groups excluding carboxylic acids is 2. The average molecular weight is 869 g/mol. The van der Waals surface area contributed by atoms with E-state index in [9.17, 15) is 14.7 Å². The Hall–Kier alpha value is -3.86. The molecule has 1 aliphatic carbocycles. The third-order valence-electron chi connectivity index (χ3n) is 11.9. The topological polar surface area (TPSA) is 72.8 Å². The van der Waals surface area contributed by atoms with E-state index in [0.29, 0.717) is 19.6 Å². The molecule has 0 bridgehead atoms. The van der Waals surface area contributed by atoms with Gasteiger partial charge in [-0.25, -0.2) is 4.79 Å². The van der Waals surface area contributed by atoms with E-state index in [4.69, 9.17) is 9.47 Å². The van der Waals surface area contributed by atoms with Gasteiger partial charge in [-0.05, 0) is 114 Å². The quantitative estimate of drug-likeness (QED) is 0.0330. The summed E-state index contributed by atoms with van der Waals surface area (Å²) in [5.41, 5.74) is 5.87. The standard InChI is InChI=1S/C38H60O2.C20H32O3/c1-7-8-9-10-11-12-13-14-15-16-17-18-19-20-21-27-37(39)40-32-30-34(3)25-22-24-33(2)28-29-36-35(4)26-23-31-38(36,5)6;1-2-3-4-5-6-7-8-9-10-11-14-17-23-20(22)18-15-12-13-16-19(18)21/h11-12,14-15,22,24-25,28-30H,7-10,13,16-21,23,26-27,31-32H2,1-6H3;12-13,15-16,21H,2-11,14,17H2,1H3/b12-11-,15-14-,25-22+,29-28+,33-24+,34-30+;. The number of carbonyl (C=O) groups is 2. The molecule has 0 spiro atoms. The van der Waals surface area contributed by atoms with Gasteiger partial charge in [0.1, 0.15) is 17.9 Å². The van der Waals surface area contributed by atoms with Crippen molar-refractivity contribution in [3.05, 3.63) is 113 Å². The van der Waals surface area contributed by atoms with Gasteiger partial charge < -0.3 is 14.6 Å². The van der Waals surface area contributed by atoms with Crippen LogP contribution in [-0.4, -0.2) is 30.3 Å². The number of hydrogen-bond donors (Lipinski definition) is 1. The van der Waals surface area contributed by atoms with Gasteiger partial charge in [0.2, 0.25) is 0 Å². The molecular weight excluding hydrogens is 777 g/mol. The molecule has 0 amide bonds. The van der Waals surface area contributed by atoms with Crippen LogP contribution in [0.5, 0.6) is 5.75 Å². The van der Waals surface area contributed by atoms with Crippen LogP contribution in [0.4, 0.5) is 0 Å². The summed E-state index contributed by atoms with van der Waals surface area (Å²) in [5.74, 6) is -0.540. The van der Waals surface area contributed by atoms with E-state index in [0.717, 1.165) is 44.1 Å². The summed E-state index contributed by atoms with van der Waals surface area (Å²) in [7, 11) is 0. The number of rotatable bonds is 33. The minimum atomic E-state index is -0.435. The Morgan fingerprint density at radius 2 is 1.27 bits per heavy atom. The number of benzene rings is 1. The molecule has 1 aliphatic rings. The van der Waals surface area contributed by atoms with E-state index < -0.39 is 5.97 Å². The Kier molecular flexibility index (Phi) is 35.0. The molecule has 5 heteroatoms. The van der Waals surface area contributed by atoms with Crippen LogP contribution >= 0.6 is 0 Å². The number of allylic oxidation sites excluding steroid dienone is 13. The molecule has 0 unspecified atom stereocenters. The van der Waals surface area contributed by atoms with Crippen LogP contribution in [0.1, 0.15) is 226 Å². The summed E-state index contributed by atoms with van der Waals surface area (Å²) in [4.78, 5) is 23.8. The van der Waals surface area contributed by atoms with E-state index in [1.165, 1.54) is 145 Å². The zero-order valence-electron chi connectivity index (χ0n) is 41.5. The van der Waals surface area contributed by atoms with Crippen LogP contribution in [0.2, 0.25) is 0 Å². The Labute approximate surface area is 387 Å². The molecule has 1 N–H and O–H groups in total. The lowest BCUT2D eigenvalue weighted by atomic mass is 9.72. The fourth-order valence-electron chi connectivity index (χ4n) is 7.77. The van der Waals surface area contributed by atoms with Crippen LogP contribution < -0.4 is 0 Å². The molecule has 63 heavy (non-hydrogen) atoms. The van der Waals surface area contributed by atoms with Crippen LogP contribution in [0, 0.1) is 5.41 Å². The Bertz CT molecular complexity index is 1560. The third kappa shape index (κ3) is 31.6. The predicted molar refractivity (Wildman–Crippen MR) is 271 cm³/mol. The second-order valence-electron chi connectivity index (χ2n) is 18.3. The minimum Gasteiger partial charge on any atom is -0.507 e. The molecule has 0 saturated carbocycles. The first-order valence-electron chi connectivity index (χ1n) is 25.3. The van der Waals surface area contributed by atoms with E-state index in [1.807, 2.05) is 13.0 Å². The van der Waals surface area contributed by atoms with Crippen molar-refractivity contribution in [3.8, 4) is 5.75 Å². The van der Waals surface area contributed by atoms with Crippen molar-refractivity contribution in [3.63, 3.8) is 0 Å². The van der Waals surface area contributed by atoms with Gasteiger partial charge in [0, 0.05) is 6.42 Å². The molecule has 1 aromatic rings. The van der Waals surface area contributed by atoms with Crippen molar-refractivity contribution in [1.29, 1.82) is 0 Å². The zero-order valence-corrected chi connectivity index (χ0v) is 41.5. The molecule has 0 aromatic heterocycles. The SMILES string of the molecule is CCCCC/C=C\C/C=C\CCCCCCCC(=O)OC/C=C(C)/C=C/C=C(C)/C=C/C1=C(C)CCCC1(C)C.CCCCCCCCCCCCCOC(=O)c1ccccc1O. The minimum absolute atomic E-state index is 0.0172. The molecule has 2 rings (SSSR count). The highest BCUT2D eigenvalue weighted by Crippen LogP contribution is 2.40. The van der Waals surface area contributed by atoms with Gasteiger partial charge >= 0.3 is 11.9 Å². The number of unbranched alkanes of at least 4 members (excludes halogenated alkanes) is 18. The fourth-order valence-corrected chi connectivity index (χ4v) is 7.77. The van der Waals surface area contributed by atoms with Gasteiger partial charge in [0.15, 0.2) is 0 Å². The first-order chi connectivity index (χ1) is 30.5. The van der Waals surface area contributed by atoms with Crippen molar-refractivity contribution in [2.75, 3.05) is 13.2 Å². The second kappa shape index (κ2) is 38.6. The highest BCUT2D eigenvalue weighted by molar-refractivity contribution is 5.92. The lowest BCUT2D eigenvalue weighted by Crippen LogP contribution is -2.19. The zero-order chi connectivity index (χ0) is 46.2. The van der Waals surface area contributed by atoms with Gasteiger partial charge in [-0.1, -0.05) is 208 Å². The molecule has 0 atom stereocenters. The van der Waals surface area contributed by atoms with Crippen molar-refractivity contribution >= 4 is 11.9 Å². The molecule has 354 valence electrons.